The maximum atomic E-state index is 13.2. The van der Waals surface area contributed by atoms with Gasteiger partial charge in [0, 0.05) is 0 Å². The molecule has 1 N–H and O–H groups in total. The minimum absolute atomic E-state index is 0.152. The summed E-state index contributed by atoms with van der Waals surface area (Å²) in [5, 5.41) is 2.43. The zero-order valence-electron chi connectivity index (χ0n) is 15.6. The predicted molar refractivity (Wildman–Crippen MR) is 97.2 cm³/mol. The molecule has 0 saturated heterocycles. The fourth-order valence-electron chi connectivity index (χ4n) is 2.94. The predicted octanol–water partition coefficient (Wildman–Crippen LogP) is 5.10. The highest BCUT2D eigenvalue weighted by atomic mass is 19.4. The third-order valence-electron chi connectivity index (χ3n) is 4.21. The maximum Gasteiger partial charge on any atom is 0.418 e. The smallest absolute Gasteiger partial charge is 0.418 e. The number of nitrogens with one attached hydrogen (secondary N) is 1. The Hall–Kier alpha value is -2.70. The first-order valence-electron chi connectivity index (χ1n) is 8.38. The fraction of sp³-hybridized carbons (Fsp3) is 0.350. The highest BCUT2D eigenvalue weighted by Crippen LogP contribution is 2.37. The van der Waals surface area contributed by atoms with Gasteiger partial charge in [-0.1, -0.05) is 32.0 Å². The van der Waals surface area contributed by atoms with Crippen LogP contribution in [0.4, 0.5) is 18.9 Å². The number of para-hydroxylation sites is 1. The molecule has 0 aromatic heterocycles. The summed E-state index contributed by atoms with van der Waals surface area (Å²) in [6.45, 7) is 3.66. The van der Waals surface area contributed by atoms with Gasteiger partial charge < -0.3 is 14.8 Å². The molecule has 0 heterocycles. The van der Waals surface area contributed by atoms with Crippen LogP contribution < -0.4 is 14.8 Å². The van der Waals surface area contributed by atoms with Crippen molar-refractivity contribution in [1.82, 2.24) is 0 Å². The van der Waals surface area contributed by atoms with Crippen LogP contribution in [0, 0.1) is 5.92 Å². The van der Waals surface area contributed by atoms with Crippen LogP contribution in [0.3, 0.4) is 0 Å². The Bertz CT molecular complexity index is 803. The molecule has 1 atom stereocenters. The number of amides is 1. The number of rotatable bonds is 6. The average molecular weight is 381 g/mol. The van der Waals surface area contributed by atoms with Crippen LogP contribution in [0.5, 0.6) is 11.5 Å². The number of carbonyl (C=O) groups is 1. The molecule has 0 aliphatic heterocycles. The van der Waals surface area contributed by atoms with Crippen LogP contribution in [0.25, 0.3) is 0 Å². The molecule has 27 heavy (non-hydrogen) atoms. The molecule has 4 nitrogen and oxygen atoms in total. The average Bonchev–Trinajstić information content (AvgIpc) is 2.60. The third-order valence-corrected chi connectivity index (χ3v) is 4.21. The van der Waals surface area contributed by atoms with Gasteiger partial charge in [0.2, 0.25) is 5.91 Å². The number of ether oxygens (including phenoxy) is 2. The lowest BCUT2D eigenvalue weighted by Crippen LogP contribution is -2.26. The van der Waals surface area contributed by atoms with E-state index in [-0.39, 0.29) is 11.6 Å². The van der Waals surface area contributed by atoms with Gasteiger partial charge in [-0.3, -0.25) is 4.79 Å². The molecule has 2 aromatic carbocycles. The molecule has 1 amide bonds. The Labute approximate surface area is 156 Å². The van der Waals surface area contributed by atoms with E-state index < -0.39 is 23.6 Å². The van der Waals surface area contributed by atoms with Gasteiger partial charge in [-0.05, 0) is 35.7 Å². The van der Waals surface area contributed by atoms with Gasteiger partial charge in [0.25, 0.3) is 0 Å². The van der Waals surface area contributed by atoms with Gasteiger partial charge in [-0.15, -0.1) is 0 Å². The zero-order chi connectivity index (χ0) is 20.2. The van der Waals surface area contributed by atoms with Crippen molar-refractivity contribution in [1.29, 1.82) is 0 Å². The van der Waals surface area contributed by atoms with Gasteiger partial charge in [0.05, 0.1) is 31.4 Å². The van der Waals surface area contributed by atoms with Crippen LogP contribution in [-0.2, 0) is 11.0 Å². The lowest BCUT2D eigenvalue weighted by molar-refractivity contribution is -0.137. The number of methoxy groups -OCH3 is 2. The molecule has 0 fully saturated rings. The second kappa shape index (κ2) is 8.33. The van der Waals surface area contributed by atoms with Crippen molar-refractivity contribution < 1.29 is 27.4 Å². The highest BCUT2D eigenvalue weighted by molar-refractivity contribution is 5.96. The number of hydrogen-bond donors (Lipinski definition) is 1. The lowest BCUT2D eigenvalue weighted by atomic mass is 9.87. The first-order valence-corrected chi connectivity index (χ1v) is 8.38. The molecule has 0 radical (unpaired) electrons. The molecule has 1 unspecified atom stereocenters. The molecule has 0 saturated carbocycles. The number of hydrogen-bond acceptors (Lipinski definition) is 3. The zero-order valence-corrected chi connectivity index (χ0v) is 15.6. The minimum Gasteiger partial charge on any atom is -0.493 e. The van der Waals surface area contributed by atoms with Crippen molar-refractivity contribution in [2.75, 3.05) is 19.5 Å². The standard InChI is InChI=1S/C20H22F3NO3/c1-12(2)18(13-9-10-16(26-3)17(11-13)27-4)19(25)24-15-8-6-5-7-14(15)20(21,22)23/h5-12,18H,1-4H3,(H,24,25). The first-order chi connectivity index (χ1) is 12.7. The van der Waals surface area contributed by atoms with Gasteiger partial charge in [0.1, 0.15) is 0 Å². The van der Waals surface area contributed by atoms with Crippen molar-refractivity contribution in [2.45, 2.75) is 25.9 Å². The number of benzene rings is 2. The normalized spacial score (nSPS) is 12.6. The van der Waals surface area contributed by atoms with E-state index >= 15 is 0 Å². The molecular formula is C20H22F3NO3. The fourth-order valence-corrected chi connectivity index (χ4v) is 2.94. The molecular weight excluding hydrogens is 359 g/mol. The maximum absolute atomic E-state index is 13.2. The molecule has 0 bridgehead atoms. The van der Waals surface area contributed by atoms with Crippen LogP contribution in [0.15, 0.2) is 42.5 Å². The van der Waals surface area contributed by atoms with Crippen LogP contribution in [0.2, 0.25) is 0 Å². The summed E-state index contributed by atoms with van der Waals surface area (Å²) in [6.07, 6.45) is -4.56. The number of anilines is 1. The second-order valence-corrected chi connectivity index (χ2v) is 6.37. The number of carbonyl (C=O) groups excluding carboxylic acids is 1. The molecule has 2 aromatic rings. The molecule has 7 heteroatoms. The Morgan fingerprint density at radius 1 is 1.00 bits per heavy atom. The van der Waals surface area contributed by atoms with E-state index in [1.807, 2.05) is 13.8 Å². The van der Waals surface area contributed by atoms with Gasteiger partial charge in [0.15, 0.2) is 11.5 Å². The van der Waals surface area contributed by atoms with Crippen molar-refractivity contribution >= 4 is 11.6 Å². The summed E-state index contributed by atoms with van der Waals surface area (Å²) >= 11 is 0. The topological polar surface area (TPSA) is 47.6 Å². The van der Waals surface area contributed by atoms with Crippen LogP contribution in [-0.4, -0.2) is 20.1 Å². The summed E-state index contributed by atoms with van der Waals surface area (Å²) in [5.41, 5.74) is -0.515. The van der Waals surface area contributed by atoms with Crippen molar-refractivity contribution in [2.24, 2.45) is 5.92 Å². The van der Waals surface area contributed by atoms with Crippen molar-refractivity contribution in [3.05, 3.63) is 53.6 Å². The molecule has 0 spiro atoms. The van der Waals surface area contributed by atoms with Gasteiger partial charge in [-0.2, -0.15) is 13.2 Å². The largest absolute Gasteiger partial charge is 0.493 e. The van der Waals surface area contributed by atoms with Crippen molar-refractivity contribution in [3.8, 4) is 11.5 Å². The Morgan fingerprint density at radius 2 is 1.63 bits per heavy atom. The molecule has 0 aliphatic carbocycles. The SMILES string of the molecule is COc1ccc(C(C(=O)Nc2ccccc2C(F)(F)F)C(C)C)cc1OC. The van der Waals surface area contributed by atoms with Gasteiger partial charge >= 0.3 is 6.18 Å². The highest BCUT2D eigenvalue weighted by Gasteiger charge is 2.34. The van der Waals surface area contributed by atoms with E-state index in [1.165, 1.54) is 32.4 Å². The Kier molecular flexibility index (Phi) is 6.36. The summed E-state index contributed by atoms with van der Waals surface area (Å²) in [7, 11) is 2.98. The van der Waals surface area contributed by atoms with Crippen LogP contribution >= 0.6 is 0 Å². The van der Waals surface area contributed by atoms with E-state index in [9.17, 15) is 18.0 Å². The summed E-state index contributed by atoms with van der Waals surface area (Å²) < 4.78 is 50.0. The molecule has 0 aliphatic rings. The van der Waals surface area contributed by atoms with E-state index in [1.54, 1.807) is 18.2 Å². The van der Waals surface area contributed by atoms with E-state index in [0.29, 0.717) is 17.1 Å². The quantitative estimate of drug-likeness (QED) is 0.757. The summed E-state index contributed by atoms with van der Waals surface area (Å²) in [4.78, 5) is 12.8. The van der Waals surface area contributed by atoms with E-state index in [4.69, 9.17) is 9.47 Å². The minimum atomic E-state index is -4.56. The van der Waals surface area contributed by atoms with Crippen molar-refractivity contribution in [3.63, 3.8) is 0 Å². The molecule has 2 rings (SSSR count). The van der Waals surface area contributed by atoms with E-state index in [0.717, 1.165) is 6.07 Å². The van der Waals surface area contributed by atoms with Crippen LogP contribution in [0.1, 0.15) is 30.9 Å². The first kappa shape index (κ1) is 20.6. The second-order valence-electron chi connectivity index (χ2n) is 6.37. The summed E-state index contributed by atoms with van der Waals surface area (Å²) in [5.74, 6) is -0.378. The Morgan fingerprint density at radius 3 is 2.19 bits per heavy atom. The molecule has 146 valence electrons. The monoisotopic (exact) mass is 381 g/mol. The van der Waals surface area contributed by atoms with Gasteiger partial charge in [-0.25, -0.2) is 0 Å². The van der Waals surface area contributed by atoms with E-state index in [2.05, 4.69) is 5.32 Å². The third kappa shape index (κ3) is 4.72. The Balaban J connectivity index is 2.38. The number of alkyl halides is 3. The lowest BCUT2D eigenvalue weighted by Gasteiger charge is -2.23. The number of halogens is 3. The summed E-state index contributed by atoms with van der Waals surface area (Å²) in [6, 6.07) is 9.96.